The van der Waals surface area contributed by atoms with Crippen molar-refractivity contribution in [1.29, 1.82) is 0 Å². The van der Waals surface area contributed by atoms with Gasteiger partial charge in [-0.2, -0.15) is 0 Å². The average Bonchev–Trinajstić information content (AvgIpc) is 2.59. The zero-order valence-electron chi connectivity index (χ0n) is 18.6. The fraction of sp³-hybridized carbons (Fsp3) is 0.750. The van der Waals surface area contributed by atoms with Crippen molar-refractivity contribution in [3.05, 3.63) is 0 Å². The Bertz CT molecular complexity index is 407. The van der Waals surface area contributed by atoms with Crippen LogP contribution in [0.5, 0.6) is 0 Å². The summed E-state index contributed by atoms with van der Waals surface area (Å²) in [6.07, 6.45) is 2.52. The molecular weight excluding hydrogens is 766 g/mol. The molecule has 0 aliphatic heterocycles. The van der Waals surface area contributed by atoms with E-state index < -0.39 is 34.7 Å². The van der Waals surface area contributed by atoms with Gasteiger partial charge >= 0.3 is 46.4 Å². The van der Waals surface area contributed by atoms with Gasteiger partial charge in [-0.15, -0.1) is 0 Å². The molecule has 0 aromatic heterocycles. The van der Waals surface area contributed by atoms with Gasteiger partial charge in [0.15, 0.2) is 10.8 Å². The smallest absolute Gasteiger partial charge is 0.480 e. The number of carboxylic acids is 4. The van der Waals surface area contributed by atoms with Crippen molar-refractivity contribution < 1.29 is 83.2 Å². The Morgan fingerprint density at radius 3 is 0.700 bits per heavy atom. The van der Waals surface area contributed by atoms with Gasteiger partial charge in [0.1, 0.15) is 0 Å². The van der Waals surface area contributed by atoms with Gasteiger partial charge in [0, 0.05) is 21.1 Å². The minimum Gasteiger partial charge on any atom is -0.480 e. The molecule has 2 aliphatic carbocycles. The molecule has 2 aliphatic rings. The van der Waals surface area contributed by atoms with Crippen molar-refractivity contribution >= 4 is 23.9 Å². The van der Waals surface area contributed by atoms with Crippen molar-refractivity contribution in [2.45, 2.75) is 38.5 Å². The van der Waals surface area contributed by atoms with Crippen LogP contribution in [0.1, 0.15) is 40.0 Å². The first-order chi connectivity index (χ1) is 13.2. The van der Waals surface area contributed by atoms with E-state index in [1.165, 1.54) is 28.2 Å². The Morgan fingerprint density at radius 2 is 0.700 bits per heavy atom. The summed E-state index contributed by atoms with van der Waals surface area (Å²) in [6.45, 7) is 0. The molecular formula is C16H37N4O8Pt2+3. The van der Waals surface area contributed by atoms with E-state index in [1.54, 1.807) is 0 Å². The first kappa shape index (κ1) is 43.1. The van der Waals surface area contributed by atoms with Crippen molar-refractivity contribution in [3.8, 4) is 0 Å². The number of carboxylic acid groups (broad SMARTS) is 4. The van der Waals surface area contributed by atoms with E-state index >= 15 is 0 Å². The van der Waals surface area contributed by atoms with E-state index in [2.05, 4.69) is 22.9 Å². The van der Waals surface area contributed by atoms with Crippen molar-refractivity contribution in [3.63, 3.8) is 0 Å². The third kappa shape index (κ3) is 12.1. The van der Waals surface area contributed by atoms with Crippen LogP contribution in [0.25, 0.3) is 0 Å². The molecule has 0 atom stereocenters. The summed E-state index contributed by atoms with van der Waals surface area (Å²) in [5.74, 6) is -4.81. The summed E-state index contributed by atoms with van der Waals surface area (Å²) in [5.41, 5.74) is 15.1. The summed E-state index contributed by atoms with van der Waals surface area (Å²) in [4.78, 5) is 41.5. The Hall–Kier alpha value is -0.903. The molecule has 0 aromatic carbocycles. The molecule has 14 heteroatoms. The fourth-order valence-corrected chi connectivity index (χ4v) is 2.10. The van der Waals surface area contributed by atoms with Gasteiger partial charge in [-0.05, 0) is 66.7 Å². The van der Waals surface area contributed by atoms with Crippen molar-refractivity contribution in [2.75, 3.05) is 28.2 Å². The maximum Gasteiger partial charge on any atom is 2.00 e. The van der Waals surface area contributed by atoms with Gasteiger partial charge in [0.2, 0.25) is 0 Å². The molecule has 30 heavy (non-hydrogen) atoms. The van der Waals surface area contributed by atoms with Crippen LogP contribution in [-0.4, -0.2) is 72.5 Å². The molecule has 186 valence electrons. The molecule has 12 N–H and O–H groups in total. The number of rotatable bonds is 4. The van der Waals surface area contributed by atoms with E-state index in [9.17, 15) is 19.2 Å². The average molecular weight is 804 g/mol. The molecule has 0 spiro atoms. The minimum absolute atomic E-state index is 0. The molecule has 12 nitrogen and oxygen atoms in total. The predicted octanol–water partition coefficient (Wildman–Crippen LogP) is -0.941. The Balaban J connectivity index is -0.0000000523. The van der Waals surface area contributed by atoms with E-state index in [4.69, 9.17) is 20.4 Å². The molecule has 0 heterocycles. The van der Waals surface area contributed by atoms with Gasteiger partial charge < -0.3 is 43.4 Å². The molecule has 2 saturated carbocycles. The van der Waals surface area contributed by atoms with Crippen molar-refractivity contribution in [2.24, 2.45) is 33.8 Å². The first-order valence-corrected chi connectivity index (χ1v) is 8.43. The minimum atomic E-state index is -1.44. The number of nitrogens with two attached hydrogens (primary N) is 4. The third-order valence-electron chi connectivity index (χ3n) is 4.05. The summed E-state index contributed by atoms with van der Waals surface area (Å²) in [6, 6.07) is 0. The molecule has 0 saturated heterocycles. The number of hydrogen-bond acceptors (Lipinski definition) is 8. The number of aliphatic carboxylic acids is 4. The quantitative estimate of drug-likeness (QED) is 0.161. The second-order valence-corrected chi connectivity index (χ2v) is 5.09. The van der Waals surface area contributed by atoms with Crippen LogP contribution in [0.3, 0.4) is 0 Å². The zero-order chi connectivity index (χ0) is 23.6. The van der Waals surface area contributed by atoms with Crippen LogP contribution in [0.4, 0.5) is 0 Å². The zero-order valence-corrected chi connectivity index (χ0v) is 22.2. The SMILES string of the molecule is CN.CN.CN.CN.O=C(O)C1(C(=O)O)CCC1.O=C(O)C1(C(=O)O)CCC1.[H+].[Pt+2].[Pt]. The Kier molecular flexibility index (Phi) is 35.0. The first-order valence-electron chi connectivity index (χ1n) is 8.43. The third-order valence-corrected chi connectivity index (χ3v) is 4.05. The topological polar surface area (TPSA) is 253 Å². The van der Waals surface area contributed by atoms with Gasteiger partial charge in [-0.3, -0.25) is 19.2 Å². The Morgan fingerprint density at radius 1 is 0.567 bits per heavy atom. The van der Waals surface area contributed by atoms with Crippen molar-refractivity contribution in [1.82, 2.24) is 0 Å². The van der Waals surface area contributed by atoms with Crippen LogP contribution in [0.2, 0.25) is 0 Å². The molecule has 0 aromatic rings. The van der Waals surface area contributed by atoms with E-state index in [1.807, 2.05) is 0 Å². The largest absolute Gasteiger partial charge is 2.00 e. The molecule has 0 amide bonds. The van der Waals surface area contributed by atoms with Gasteiger partial charge in [0.25, 0.3) is 0 Å². The maximum absolute atomic E-state index is 10.4. The van der Waals surface area contributed by atoms with Crippen LogP contribution >= 0.6 is 0 Å². The number of hydrogen-bond donors (Lipinski definition) is 8. The molecule has 2 rings (SSSR count). The van der Waals surface area contributed by atoms with E-state index in [0.717, 1.165) is 0 Å². The summed E-state index contributed by atoms with van der Waals surface area (Å²) in [7, 11) is 6.00. The summed E-state index contributed by atoms with van der Waals surface area (Å²) in [5, 5.41) is 33.9. The summed E-state index contributed by atoms with van der Waals surface area (Å²) >= 11 is 0. The van der Waals surface area contributed by atoms with Gasteiger partial charge in [-0.1, -0.05) is 0 Å². The maximum atomic E-state index is 10.4. The Labute approximate surface area is 207 Å². The predicted molar refractivity (Wildman–Crippen MR) is 105 cm³/mol. The molecule has 0 bridgehead atoms. The van der Waals surface area contributed by atoms with E-state index in [-0.39, 0.29) is 69.2 Å². The van der Waals surface area contributed by atoms with Gasteiger partial charge in [-0.25, -0.2) is 0 Å². The summed E-state index contributed by atoms with van der Waals surface area (Å²) < 4.78 is 0. The standard InChI is InChI=1S/2C6H8O4.4CH5N.2Pt/c2*7-4(8)6(5(9)10)2-1-3-6;4*1-2;;/h2*1-3H2,(H,7,8)(H,9,10);4*2H2,1H3;;/q;;;;;;;+2/p+1. The molecule has 0 unspecified atom stereocenters. The second-order valence-electron chi connectivity index (χ2n) is 5.09. The monoisotopic (exact) mass is 803 g/mol. The van der Waals surface area contributed by atoms with Crippen LogP contribution in [-0.2, 0) is 61.3 Å². The van der Waals surface area contributed by atoms with Crippen LogP contribution in [0.15, 0.2) is 0 Å². The van der Waals surface area contributed by atoms with Gasteiger partial charge in [0.05, 0.1) is 0 Å². The number of carbonyl (C=O) groups is 4. The van der Waals surface area contributed by atoms with E-state index in [0.29, 0.717) is 12.8 Å². The second kappa shape index (κ2) is 24.4. The molecule has 2 fully saturated rings. The molecule has 0 radical (unpaired) electrons. The normalized spacial score (nSPS) is 14.9. The fourth-order valence-electron chi connectivity index (χ4n) is 2.10. The van der Waals surface area contributed by atoms with Crippen LogP contribution in [0, 0.1) is 10.8 Å². The van der Waals surface area contributed by atoms with Crippen LogP contribution < -0.4 is 22.9 Å².